The maximum atomic E-state index is 13.0. The Balaban J connectivity index is 1.48. The predicted molar refractivity (Wildman–Crippen MR) is 126 cm³/mol. The van der Waals surface area contributed by atoms with Crippen LogP contribution in [0.2, 0.25) is 0 Å². The van der Waals surface area contributed by atoms with E-state index in [1.807, 2.05) is 26.0 Å². The SMILES string of the molecule is COC1=CC23CCCN2CCc2cc4c(cc2[C@@H]3C1OC(=O)[C@H](O)CC(=O)SC(C)C)OCO4. The molecule has 0 radical (unpaired) electrons. The summed E-state index contributed by atoms with van der Waals surface area (Å²) in [5, 5.41) is 10.3. The number of carbonyl (C=O) groups excluding carboxylic acids is 2. The minimum Gasteiger partial charge on any atom is -0.497 e. The summed E-state index contributed by atoms with van der Waals surface area (Å²) >= 11 is 1.11. The van der Waals surface area contributed by atoms with E-state index in [2.05, 4.69) is 11.0 Å². The molecular formula is C25H31NO7S. The number of hydrogen-bond donors (Lipinski definition) is 1. The first kappa shape index (κ1) is 23.5. The molecule has 1 aromatic carbocycles. The second-order valence-corrected chi connectivity index (χ2v) is 11.2. The van der Waals surface area contributed by atoms with Gasteiger partial charge in [0, 0.05) is 11.8 Å². The lowest BCUT2D eigenvalue weighted by molar-refractivity contribution is -0.161. The van der Waals surface area contributed by atoms with Gasteiger partial charge in [0.25, 0.3) is 0 Å². The molecule has 1 fully saturated rings. The van der Waals surface area contributed by atoms with Crippen molar-refractivity contribution in [3.63, 3.8) is 0 Å². The van der Waals surface area contributed by atoms with Gasteiger partial charge in [0.1, 0.15) is 5.76 Å². The highest BCUT2D eigenvalue weighted by Crippen LogP contribution is 2.55. The molecule has 34 heavy (non-hydrogen) atoms. The van der Waals surface area contributed by atoms with Gasteiger partial charge in [-0.15, -0.1) is 0 Å². The highest BCUT2D eigenvalue weighted by molar-refractivity contribution is 8.14. The third-order valence-corrected chi connectivity index (χ3v) is 8.11. The van der Waals surface area contributed by atoms with Crippen LogP contribution in [-0.4, -0.2) is 71.1 Å². The molecule has 2 unspecified atom stereocenters. The average Bonchev–Trinajstić information content (AvgIpc) is 3.46. The van der Waals surface area contributed by atoms with Gasteiger partial charge in [0.05, 0.1) is 25.0 Å². The summed E-state index contributed by atoms with van der Waals surface area (Å²) < 4.78 is 23.0. The molecule has 0 bridgehead atoms. The normalized spacial score (nSPS) is 28.0. The zero-order valence-electron chi connectivity index (χ0n) is 19.7. The molecule has 1 N–H and O–H groups in total. The fraction of sp³-hybridized carbons (Fsp3) is 0.600. The van der Waals surface area contributed by atoms with Gasteiger partial charge < -0.3 is 24.1 Å². The maximum Gasteiger partial charge on any atom is 0.336 e. The number of benzene rings is 1. The molecule has 0 saturated carbocycles. The molecule has 4 aliphatic rings. The minimum atomic E-state index is -1.52. The first-order chi connectivity index (χ1) is 16.3. The molecule has 1 aromatic rings. The Morgan fingerprint density at radius 3 is 2.76 bits per heavy atom. The van der Waals surface area contributed by atoms with Crippen LogP contribution in [0.3, 0.4) is 0 Å². The summed E-state index contributed by atoms with van der Waals surface area (Å²) in [4.78, 5) is 27.6. The number of rotatable bonds is 6. The number of thioether (sulfide) groups is 1. The lowest BCUT2D eigenvalue weighted by Gasteiger charge is -2.39. The molecule has 1 saturated heterocycles. The van der Waals surface area contributed by atoms with Crippen molar-refractivity contribution in [3.05, 3.63) is 35.1 Å². The van der Waals surface area contributed by atoms with Gasteiger partial charge in [-0.05, 0) is 55.1 Å². The van der Waals surface area contributed by atoms with E-state index in [0.717, 1.165) is 61.0 Å². The van der Waals surface area contributed by atoms with Gasteiger partial charge in [-0.1, -0.05) is 25.6 Å². The highest BCUT2D eigenvalue weighted by Gasteiger charge is 2.58. The summed E-state index contributed by atoms with van der Waals surface area (Å²) in [5.74, 6) is 0.976. The Bertz CT molecular complexity index is 1020. The number of hydrogen-bond acceptors (Lipinski definition) is 9. The number of nitrogens with zero attached hydrogens (tertiary/aromatic N) is 1. The number of ether oxygens (including phenoxy) is 4. The molecule has 9 heteroatoms. The van der Waals surface area contributed by atoms with Crippen LogP contribution in [0.1, 0.15) is 50.2 Å². The van der Waals surface area contributed by atoms with Crippen LogP contribution in [-0.2, 0) is 25.5 Å². The van der Waals surface area contributed by atoms with Crippen LogP contribution in [0, 0.1) is 0 Å². The second-order valence-electron chi connectivity index (χ2n) is 9.58. The smallest absolute Gasteiger partial charge is 0.336 e. The van der Waals surface area contributed by atoms with Crippen LogP contribution in [0.4, 0.5) is 0 Å². The Morgan fingerprint density at radius 2 is 2.03 bits per heavy atom. The van der Waals surface area contributed by atoms with E-state index in [4.69, 9.17) is 18.9 Å². The molecule has 8 nitrogen and oxygen atoms in total. The van der Waals surface area contributed by atoms with Crippen LogP contribution in [0.15, 0.2) is 24.0 Å². The van der Waals surface area contributed by atoms with E-state index < -0.39 is 18.2 Å². The number of aliphatic hydroxyl groups is 1. The van der Waals surface area contributed by atoms with Crippen LogP contribution in [0.5, 0.6) is 11.5 Å². The first-order valence-corrected chi connectivity index (χ1v) is 12.7. The van der Waals surface area contributed by atoms with Crippen molar-refractivity contribution in [1.29, 1.82) is 0 Å². The Morgan fingerprint density at radius 1 is 1.26 bits per heavy atom. The van der Waals surface area contributed by atoms with E-state index in [1.165, 1.54) is 0 Å². The lowest BCUT2D eigenvalue weighted by atomic mass is 9.77. The van der Waals surface area contributed by atoms with E-state index in [-0.39, 0.29) is 35.0 Å². The fourth-order valence-electron chi connectivity index (χ4n) is 5.85. The summed E-state index contributed by atoms with van der Waals surface area (Å²) in [5.41, 5.74) is 1.85. The monoisotopic (exact) mass is 489 g/mol. The third-order valence-electron chi connectivity index (χ3n) is 7.21. The minimum absolute atomic E-state index is 0.0807. The number of methoxy groups -OCH3 is 1. The first-order valence-electron chi connectivity index (χ1n) is 11.8. The van der Waals surface area contributed by atoms with Crippen LogP contribution < -0.4 is 9.47 Å². The molecule has 0 aromatic heterocycles. The standard InChI is InChI=1S/C25H31NO7S/c1-14(2)34-21(28)11-17(27)24(29)33-23-20(30-3)12-25-6-4-7-26(25)8-5-15-9-18-19(32-13-31-18)10-16(15)22(23)25/h9-10,12,14,17,22-23,27H,4-8,11,13H2,1-3H3/t17-,22-,23?,25?/m1/s1. The van der Waals surface area contributed by atoms with Gasteiger partial charge in [-0.3, -0.25) is 9.69 Å². The van der Waals surface area contributed by atoms with Crippen LogP contribution >= 0.6 is 11.8 Å². The fourth-order valence-corrected chi connectivity index (χ4v) is 6.63. The van der Waals surface area contributed by atoms with E-state index in [1.54, 1.807) is 7.11 Å². The Kier molecular flexibility index (Phi) is 6.29. The zero-order chi connectivity index (χ0) is 24.0. The number of carbonyl (C=O) groups is 2. The summed E-state index contributed by atoms with van der Waals surface area (Å²) in [6.07, 6.45) is 2.40. The Labute approximate surface area is 203 Å². The lowest BCUT2D eigenvalue weighted by Crippen LogP contribution is -2.47. The highest BCUT2D eigenvalue weighted by atomic mass is 32.2. The maximum absolute atomic E-state index is 13.0. The summed E-state index contributed by atoms with van der Waals surface area (Å²) in [6.45, 7) is 5.80. The quantitative estimate of drug-likeness (QED) is 0.605. The average molecular weight is 490 g/mol. The van der Waals surface area contributed by atoms with Gasteiger partial charge in [0.2, 0.25) is 6.79 Å². The van der Waals surface area contributed by atoms with Gasteiger partial charge >= 0.3 is 5.97 Å². The van der Waals surface area contributed by atoms with Crippen molar-refractivity contribution in [2.75, 3.05) is 27.0 Å². The zero-order valence-corrected chi connectivity index (χ0v) is 20.6. The number of aliphatic hydroxyl groups excluding tert-OH is 1. The molecular weight excluding hydrogens is 458 g/mol. The topological polar surface area (TPSA) is 94.5 Å². The number of esters is 1. The molecule has 5 rings (SSSR count). The largest absolute Gasteiger partial charge is 0.497 e. The Hall–Kier alpha value is -2.23. The number of fused-ring (bicyclic) bond motifs is 3. The van der Waals surface area contributed by atoms with E-state index in [9.17, 15) is 14.7 Å². The van der Waals surface area contributed by atoms with Crippen molar-refractivity contribution in [3.8, 4) is 11.5 Å². The molecule has 0 amide bonds. The molecule has 1 spiro atoms. The van der Waals surface area contributed by atoms with Crippen molar-refractivity contribution in [1.82, 2.24) is 4.90 Å². The van der Waals surface area contributed by atoms with Gasteiger partial charge in [0.15, 0.2) is 28.8 Å². The summed E-state index contributed by atoms with van der Waals surface area (Å²) in [7, 11) is 1.58. The molecule has 1 aliphatic carbocycles. The molecule has 3 aliphatic heterocycles. The van der Waals surface area contributed by atoms with Crippen molar-refractivity contribution >= 4 is 22.8 Å². The summed E-state index contributed by atoms with van der Waals surface area (Å²) in [6, 6.07) is 4.05. The second kappa shape index (κ2) is 9.09. The van der Waals surface area contributed by atoms with E-state index >= 15 is 0 Å². The van der Waals surface area contributed by atoms with Crippen molar-refractivity contribution in [2.24, 2.45) is 0 Å². The molecule has 4 atom stereocenters. The predicted octanol–water partition coefficient (Wildman–Crippen LogP) is 2.76. The van der Waals surface area contributed by atoms with Crippen molar-refractivity contribution < 1.29 is 33.6 Å². The van der Waals surface area contributed by atoms with Gasteiger partial charge in [-0.25, -0.2) is 4.79 Å². The third kappa shape index (κ3) is 3.97. The molecule has 3 heterocycles. The van der Waals surface area contributed by atoms with Gasteiger partial charge in [-0.2, -0.15) is 0 Å². The van der Waals surface area contributed by atoms with E-state index in [0.29, 0.717) is 11.5 Å². The van der Waals surface area contributed by atoms with Crippen LogP contribution in [0.25, 0.3) is 0 Å². The molecule has 184 valence electrons. The van der Waals surface area contributed by atoms with Crippen molar-refractivity contribution in [2.45, 2.75) is 68.4 Å².